The maximum Gasteiger partial charge on any atom is 0.407 e. The fourth-order valence-electron chi connectivity index (χ4n) is 3.01. The minimum atomic E-state index is -1.26. The molecule has 29 heavy (non-hydrogen) atoms. The Kier molecular flexibility index (Phi) is 8.25. The zero-order valence-corrected chi connectivity index (χ0v) is 17.8. The molecule has 0 radical (unpaired) electrons. The number of benzene rings is 2. The van der Waals surface area contributed by atoms with Crippen molar-refractivity contribution in [3.63, 3.8) is 0 Å². The lowest BCUT2D eigenvalue weighted by atomic mass is 9.97. The fraction of sp³-hybridized carbons (Fsp3) is 0.381. The van der Waals surface area contributed by atoms with Crippen molar-refractivity contribution in [3.05, 3.63) is 71.8 Å². The van der Waals surface area contributed by atoms with Crippen LogP contribution >= 0.6 is 22.6 Å². The molecule has 0 aliphatic carbocycles. The highest BCUT2D eigenvalue weighted by molar-refractivity contribution is 14.1. The second-order valence-corrected chi connectivity index (χ2v) is 7.59. The van der Waals surface area contributed by atoms with Crippen LogP contribution in [0.1, 0.15) is 11.1 Å². The molecule has 0 aromatic heterocycles. The van der Waals surface area contributed by atoms with Crippen molar-refractivity contribution in [2.45, 2.75) is 43.9 Å². The molecule has 1 saturated heterocycles. The molecule has 0 spiro atoms. The molecule has 2 aromatic rings. The van der Waals surface area contributed by atoms with E-state index in [0.717, 1.165) is 11.1 Å². The molecule has 7 nitrogen and oxygen atoms in total. The minimum absolute atomic E-state index is 0.0881. The second-order valence-electron chi connectivity index (χ2n) is 6.71. The number of aliphatic hydroxyl groups is 2. The van der Waals surface area contributed by atoms with Crippen molar-refractivity contribution < 1.29 is 29.2 Å². The number of carbonyl (C=O) groups is 1. The number of aliphatic hydroxyl groups excluding tert-OH is 2. The molecule has 0 bridgehead atoms. The number of ether oxygens (including phenoxy) is 3. The predicted octanol–water partition coefficient (Wildman–Crippen LogP) is 2.38. The van der Waals surface area contributed by atoms with Crippen molar-refractivity contribution in [1.29, 1.82) is 0 Å². The molecule has 1 amide bonds. The van der Waals surface area contributed by atoms with Crippen molar-refractivity contribution in [1.82, 2.24) is 5.32 Å². The van der Waals surface area contributed by atoms with E-state index in [1.54, 1.807) is 0 Å². The van der Waals surface area contributed by atoms with Gasteiger partial charge in [-0.3, -0.25) is 0 Å². The molecule has 3 N–H and O–H groups in total. The summed E-state index contributed by atoms with van der Waals surface area (Å²) in [7, 11) is 0. The van der Waals surface area contributed by atoms with E-state index in [9.17, 15) is 15.0 Å². The van der Waals surface area contributed by atoms with Crippen LogP contribution < -0.4 is 5.32 Å². The SMILES string of the molecule is O=C(N[C@H]1[C@@H](OCc2ccccc2)O[C@H](CI)[C@@H](O)[C@@H]1O)OCc1ccccc1. The molecule has 8 heteroatoms. The summed E-state index contributed by atoms with van der Waals surface area (Å²) in [4.78, 5) is 12.3. The number of rotatable bonds is 7. The van der Waals surface area contributed by atoms with Crippen molar-refractivity contribution in [3.8, 4) is 0 Å². The van der Waals surface area contributed by atoms with E-state index in [2.05, 4.69) is 27.9 Å². The Hall–Kier alpha value is -1.72. The van der Waals surface area contributed by atoms with E-state index >= 15 is 0 Å². The van der Waals surface area contributed by atoms with E-state index in [1.165, 1.54) is 0 Å². The van der Waals surface area contributed by atoms with Gasteiger partial charge in [-0.1, -0.05) is 83.3 Å². The zero-order valence-electron chi connectivity index (χ0n) is 15.7. The standard InChI is InChI=1S/C21H24INO6/c22-11-16-18(24)19(25)17(20(29-16)27-12-14-7-3-1-4-8-14)23-21(26)28-13-15-9-5-2-6-10-15/h1-10,16-20,24-25H,11-13H2,(H,23,26)/t16-,17-,18-,19-,20+/m1/s1. The van der Waals surface area contributed by atoms with Gasteiger partial charge in [0.05, 0.1) is 12.7 Å². The smallest absolute Gasteiger partial charge is 0.407 e. The molecule has 5 atom stereocenters. The van der Waals surface area contributed by atoms with Crippen LogP contribution in [0.3, 0.4) is 0 Å². The number of hydrogen-bond acceptors (Lipinski definition) is 6. The topological polar surface area (TPSA) is 97.3 Å². The Labute approximate surface area is 183 Å². The van der Waals surface area contributed by atoms with E-state index in [-0.39, 0.29) is 13.2 Å². The van der Waals surface area contributed by atoms with Gasteiger partial charge in [0.25, 0.3) is 0 Å². The Morgan fingerprint density at radius 2 is 1.55 bits per heavy atom. The van der Waals surface area contributed by atoms with Crippen LogP contribution in [-0.4, -0.2) is 51.4 Å². The van der Waals surface area contributed by atoms with Crippen molar-refractivity contribution in [2.24, 2.45) is 0 Å². The number of alkyl carbamates (subject to hydrolysis) is 1. The lowest BCUT2D eigenvalue weighted by Crippen LogP contribution is -2.64. The summed E-state index contributed by atoms with van der Waals surface area (Å²) >= 11 is 2.07. The van der Waals surface area contributed by atoms with Crippen LogP contribution in [0, 0.1) is 0 Å². The number of carbonyl (C=O) groups excluding carboxylic acids is 1. The minimum Gasteiger partial charge on any atom is -0.445 e. The number of halogens is 1. The van der Waals surface area contributed by atoms with Gasteiger partial charge in [-0.15, -0.1) is 0 Å². The van der Waals surface area contributed by atoms with Gasteiger partial charge in [0.1, 0.15) is 24.9 Å². The number of amides is 1. The first-order valence-electron chi connectivity index (χ1n) is 9.29. The largest absolute Gasteiger partial charge is 0.445 e. The maximum absolute atomic E-state index is 12.3. The Bertz CT molecular complexity index is 762. The summed E-state index contributed by atoms with van der Waals surface area (Å²) < 4.78 is 17.3. The number of nitrogens with one attached hydrogen (secondary N) is 1. The van der Waals surface area contributed by atoms with Crippen LogP contribution in [0.5, 0.6) is 0 Å². The van der Waals surface area contributed by atoms with E-state index in [0.29, 0.717) is 4.43 Å². The van der Waals surface area contributed by atoms with Gasteiger partial charge in [0.2, 0.25) is 0 Å². The second kappa shape index (κ2) is 10.9. The first-order valence-corrected chi connectivity index (χ1v) is 10.8. The van der Waals surface area contributed by atoms with Gasteiger partial charge in [0.15, 0.2) is 6.29 Å². The molecule has 0 unspecified atom stereocenters. The average Bonchev–Trinajstić information content (AvgIpc) is 2.76. The van der Waals surface area contributed by atoms with Crippen LogP contribution in [-0.2, 0) is 27.4 Å². The van der Waals surface area contributed by atoms with Crippen LogP contribution in [0.15, 0.2) is 60.7 Å². The van der Waals surface area contributed by atoms with Gasteiger partial charge < -0.3 is 29.7 Å². The number of hydrogen-bond donors (Lipinski definition) is 3. The molecule has 2 aromatic carbocycles. The molecule has 3 rings (SSSR count). The molecule has 156 valence electrons. The van der Waals surface area contributed by atoms with Crippen LogP contribution in [0.4, 0.5) is 4.79 Å². The summed E-state index contributed by atoms with van der Waals surface area (Å²) in [5.41, 5.74) is 1.76. The van der Waals surface area contributed by atoms with Crippen molar-refractivity contribution in [2.75, 3.05) is 4.43 Å². The van der Waals surface area contributed by atoms with E-state index in [1.807, 2.05) is 60.7 Å². The van der Waals surface area contributed by atoms with E-state index in [4.69, 9.17) is 14.2 Å². The molecule has 1 fully saturated rings. The summed E-state index contributed by atoms with van der Waals surface area (Å²) in [6, 6.07) is 17.8. The lowest BCUT2D eigenvalue weighted by molar-refractivity contribution is -0.261. The van der Waals surface area contributed by atoms with E-state index < -0.39 is 36.7 Å². The normalized spacial score (nSPS) is 26.7. The average molecular weight is 513 g/mol. The third-order valence-electron chi connectivity index (χ3n) is 4.61. The summed E-state index contributed by atoms with van der Waals surface area (Å²) in [5, 5.41) is 23.4. The summed E-state index contributed by atoms with van der Waals surface area (Å²) in [6.45, 7) is 0.324. The van der Waals surface area contributed by atoms with Gasteiger partial charge in [0, 0.05) is 4.43 Å². The third-order valence-corrected chi connectivity index (χ3v) is 5.48. The molecular weight excluding hydrogens is 489 g/mol. The van der Waals surface area contributed by atoms with Gasteiger partial charge in [-0.2, -0.15) is 0 Å². The molecular formula is C21H24INO6. The van der Waals surface area contributed by atoms with Crippen LogP contribution in [0.2, 0.25) is 0 Å². The maximum atomic E-state index is 12.3. The Balaban J connectivity index is 1.63. The first kappa shape index (κ1) is 22.0. The highest BCUT2D eigenvalue weighted by Gasteiger charge is 2.45. The van der Waals surface area contributed by atoms with Crippen molar-refractivity contribution >= 4 is 28.7 Å². The molecule has 1 aliphatic rings. The summed E-state index contributed by atoms with van der Waals surface area (Å²) in [6.07, 6.45) is -4.67. The quantitative estimate of drug-likeness (QED) is 0.389. The number of alkyl halides is 1. The highest BCUT2D eigenvalue weighted by Crippen LogP contribution is 2.24. The predicted molar refractivity (Wildman–Crippen MR) is 114 cm³/mol. The summed E-state index contributed by atoms with van der Waals surface area (Å²) in [5.74, 6) is 0. The van der Waals surface area contributed by atoms with Crippen LogP contribution in [0.25, 0.3) is 0 Å². The Morgan fingerprint density at radius 3 is 2.14 bits per heavy atom. The van der Waals surface area contributed by atoms with Gasteiger partial charge >= 0.3 is 6.09 Å². The lowest BCUT2D eigenvalue weighted by Gasteiger charge is -2.42. The highest BCUT2D eigenvalue weighted by atomic mass is 127. The third kappa shape index (κ3) is 6.13. The molecule has 0 saturated carbocycles. The fourth-order valence-corrected chi connectivity index (χ4v) is 3.74. The Morgan fingerprint density at radius 1 is 0.966 bits per heavy atom. The molecule has 1 heterocycles. The monoisotopic (exact) mass is 513 g/mol. The molecule has 1 aliphatic heterocycles. The first-order chi connectivity index (χ1) is 14.1. The zero-order chi connectivity index (χ0) is 20.6. The van der Waals surface area contributed by atoms with Gasteiger partial charge in [-0.25, -0.2) is 4.79 Å². The van der Waals surface area contributed by atoms with Gasteiger partial charge in [-0.05, 0) is 11.1 Å².